The van der Waals surface area contributed by atoms with Crippen molar-refractivity contribution in [2.24, 2.45) is 0 Å². The molecule has 2 aromatic carbocycles. The number of piperazine rings is 1. The van der Waals surface area contributed by atoms with E-state index in [1.165, 1.54) is 17.8 Å². The molecule has 1 aliphatic heterocycles. The van der Waals surface area contributed by atoms with Gasteiger partial charge >= 0.3 is 0 Å². The number of nitrogens with zero attached hydrogens (tertiary/aromatic N) is 4. The molecule has 0 bridgehead atoms. The van der Waals surface area contributed by atoms with Gasteiger partial charge in [-0.3, -0.25) is 14.4 Å². The van der Waals surface area contributed by atoms with Crippen molar-refractivity contribution < 1.29 is 14.0 Å². The van der Waals surface area contributed by atoms with Crippen LogP contribution < -0.4 is 5.56 Å². The Bertz CT molecular complexity index is 1640. The zero-order chi connectivity index (χ0) is 28.4. The number of nitrogens with one attached hydrogen (secondary N) is 1. The Morgan fingerprint density at radius 1 is 1.02 bits per heavy atom. The summed E-state index contributed by atoms with van der Waals surface area (Å²) in [6.45, 7) is 5.07. The molecule has 0 aliphatic carbocycles. The highest BCUT2D eigenvalue weighted by Crippen LogP contribution is 2.33. The molecule has 1 aliphatic rings. The minimum atomic E-state index is -0.726. The third-order valence-electron chi connectivity index (χ3n) is 6.83. The van der Waals surface area contributed by atoms with E-state index >= 15 is 0 Å². The first-order valence-electron chi connectivity index (χ1n) is 12.8. The Labute approximate surface area is 243 Å². The molecule has 0 unspecified atom stereocenters. The Hall–Kier alpha value is -3.57. The predicted octanol–water partition coefficient (Wildman–Crippen LogP) is 4.67. The van der Waals surface area contributed by atoms with E-state index < -0.39 is 16.5 Å². The summed E-state index contributed by atoms with van der Waals surface area (Å²) in [4.78, 5) is 46.4. The van der Waals surface area contributed by atoms with Gasteiger partial charge in [0, 0.05) is 48.7 Å². The Balaban J connectivity index is 1.28. The monoisotopic (exact) mass is 623 g/mol. The Morgan fingerprint density at radius 2 is 1.77 bits per heavy atom. The molecule has 5 rings (SSSR count). The van der Waals surface area contributed by atoms with Gasteiger partial charge in [-0.1, -0.05) is 39.8 Å². The smallest absolute Gasteiger partial charge is 0.272 e. The van der Waals surface area contributed by atoms with Crippen LogP contribution in [0.3, 0.4) is 0 Å². The summed E-state index contributed by atoms with van der Waals surface area (Å²) in [6.07, 6.45) is 2.00. The van der Waals surface area contributed by atoms with E-state index in [2.05, 4.69) is 31.1 Å². The topological polar surface area (TPSA) is 99.3 Å². The number of amides is 2. The van der Waals surface area contributed by atoms with Crippen molar-refractivity contribution in [3.63, 3.8) is 0 Å². The molecule has 8 nitrogen and oxygen atoms in total. The minimum Gasteiger partial charge on any atom is -0.338 e. The number of aromatic nitrogens is 3. The van der Waals surface area contributed by atoms with E-state index in [1.807, 2.05) is 38.1 Å². The Kier molecular flexibility index (Phi) is 8.04. The summed E-state index contributed by atoms with van der Waals surface area (Å²) in [7, 11) is 0. The molecule has 0 atom stereocenters. The normalized spacial score (nSPS) is 14.0. The highest BCUT2D eigenvalue weighted by Gasteiger charge is 2.36. The number of fused-ring (bicyclic) bond motifs is 1. The van der Waals surface area contributed by atoms with Gasteiger partial charge in [-0.05, 0) is 61.9 Å². The first-order valence-corrected chi connectivity index (χ1v) is 14.4. The van der Waals surface area contributed by atoms with E-state index in [-0.39, 0.29) is 17.0 Å². The summed E-state index contributed by atoms with van der Waals surface area (Å²) in [5.41, 5.74) is 0.975. The SMILES string of the molecule is CC(C)(Sc1ccccn1)C(=O)N1CCN(C(=O)c2cc(Cc3n[nH]c(=O)c4ccc(Br)cc34)ccc2F)CC1. The van der Waals surface area contributed by atoms with Crippen molar-refractivity contribution in [1.29, 1.82) is 0 Å². The number of aromatic amines is 1. The van der Waals surface area contributed by atoms with E-state index in [9.17, 15) is 18.8 Å². The maximum absolute atomic E-state index is 14.9. The maximum Gasteiger partial charge on any atom is 0.272 e. The summed E-state index contributed by atoms with van der Waals surface area (Å²) in [5, 5.41) is 8.67. The Morgan fingerprint density at radius 3 is 2.50 bits per heavy atom. The second-order valence-corrected chi connectivity index (χ2v) is 12.6. The summed E-state index contributed by atoms with van der Waals surface area (Å²) < 4.78 is 14.9. The molecule has 4 aromatic rings. The third kappa shape index (κ3) is 5.95. The lowest BCUT2D eigenvalue weighted by atomic mass is 10.0. The molecule has 0 saturated carbocycles. The number of pyridine rings is 1. The molecule has 0 spiro atoms. The van der Waals surface area contributed by atoms with Crippen molar-refractivity contribution in [1.82, 2.24) is 25.0 Å². The zero-order valence-electron chi connectivity index (χ0n) is 22.0. The van der Waals surface area contributed by atoms with Crippen LogP contribution in [0.5, 0.6) is 0 Å². The summed E-state index contributed by atoms with van der Waals surface area (Å²) in [6, 6.07) is 15.3. The van der Waals surface area contributed by atoms with Crippen molar-refractivity contribution in [3.8, 4) is 0 Å². The van der Waals surface area contributed by atoms with Gasteiger partial charge in [0.05, 0.1) is 26.4 Å². The maximum atomic E-state index is 14.9. The number of thioether (sulfide) groups is 1. The summed E-state index contributed by atoms with van der Waals surface area (Å²) >= 11 is 4.83. The lowest BCUT2D eigenvalue weighted by Crippen LogP contribution is -2.54. The standard InChI is InChI=1S/C29H27BrFN5O3S/c1-29(2,40-25-5-3-4-10-32-25)28(39)36-13-11-35(12-14-36)27(38)22-15-18(6-9-23(22)31)16-24-21-17-19(30)7-8-20(21)26(37)34-33-24/h3-10,15,17H,11-14,16H2,1-2H3,(H,34,37). The molecule has 0 radical (unpaired) electrons. The molecule has 3 heterocycles. The second kappa shape index (κ2) is 11.5. The van der Waals surface area contributed by atoms with E-state index in [0.717, 1.165) is 9.50 Å². The van der Waals surface area contributed by atoms with Crippen LogP contribution in [0.1, 0.15) is 35.5 Å². The van der Waals surface area contributed by atoms with Crippen LogP contribution in [0.15, 0.2) is 75.1 Å². The number of halogens is 2. The fraction of sp³-hybridized carbons (Fsp3) is 0.276. The van der Waals surface area contributed by atoms with E-state index in [4.69, 9.17) is 0 Å². The lowest BCUT2D eigenvalue weighted by molar-refractivity contribution is -0.134. The average Bonchev–Trinajstić information content (AvgIpc) is 2.95. The van der Waals surface area contributed by atoms with Gasteiger partial charge in [0.2, 0.25) is 5.91 Å². The number of rotatable bonds is 6. The molecular weight excluding hydrogens is 597 g/mol. The number of carbonyl (C=O) groups is 2. The van der Waals surface area contributed by atoms with Crippen LogP contribution in [0.2, 0.25) is 0 Å². The van der Waals surface area contributed by atoms with Crippen LogP contribution in [-0.4, -0.2) is 67.7 Å². The largest absolute Gasteiger partial charge is 0.338 e. The first-order chi connectivity index (χ1) is 19.1. The van der Waals surface area contributed by atoms with Crippen LogP contribution in [0.25, 0.3) is 10.8 Å². The first kappa shape index (κ1) is 28.0. The van der Waals surface area contributed by atoms with Gasteiger partial charge in [-0.2, -0.15) is 5.10 Å². The number of H-pyrrole nitrogens is 1. The quantitative estimate of drug-likeness (QED) is 0.314. The zero-order valence-corrected chi connectivity index (χ0v) is 24.4. The number of hydrogen-bond acceptors (Lipinski definition) is 6. The van der Waals surface area contributed by atoms with Crippen LogP contribution >= 0.6 is 27.7 Å². The third-order valence-corrected chi connectivity index (χ3v) is 8.46. The number of benzene rings is 2. The molecule has 206 valence electrons. The van der Waals surface area contributed by atoms with Gasteiger partial charge in [-0.25, -0.2) is 14.5 Å². The van der Waals surface area contributed by atoms with Crippen LogP contribution in [-0.2, 0) is 11.2 Å². The van der Waals surface area contributed by atoms with Gasteiger partial charge in [-0.15, -0.1) is 0 Å². The van der Waals surface area contributed by atoms with Crippen molar-refractivity contribution >= 4 is 50.3 Å². The van der Waals surface area contributed by atoms with E-state index in [0.29, 0.717) is 54.6 Å². The highest BCUT2D eigenvalue weighted by molar-refractivity contribution is 9.10. The molecular formula is C29H27BrFN5O3S. The number of hydrogen-bond donors (Lipinski definition) is 1. The molecule has 2 aromatic heterocycles. The van der Waals surface area contributed by atoms with Gasteiger partial charge < -0.3 is 9.80 Å². The fourth-order valence-corrected chi connectivity index (χ4v) is 6.10. The minimum absolute atomic E-state index is 0.0294. The average molecular weight is 625 g/mol. The molecule has 2 amide bonds. The lowest BCUT2D eigenvalue weighted by Gasteiger charge is -2.38. The molecule has 1 N–H and O–H groups in total. The molecule has 11 heteroatoms. The fourth-order valence-electron chi connectivity index (χ4n) is 4.74. The van der Waals surface area contributed by atoms with Crippen molar-refractivity contribution in [3.05, 3.63) is 98.3 Å². The second-order valence-electron chi connectivity index (χ2n) is 10.0. The van der Waals surface area contributed by atoms with Crippen LogP contribution in [0, 0.1) is 5.82 Å². The van der Waals surface area contributed by atoms with Crippen molar-refractivity contribution in [2.75, 3.05) is 26.2 Å². The van der Waals surface area contributed by atoms with Gasteiger partial charge in [0.15, 0.2) is 0 Å². The van der Waals surface area contributed by atoms with Gasteiger partial charge in [0.1, 0.15) is 5.82 Å². The number of carbonyl (C=O) groups excluding carboxylic acids is 2. The van der Waals surface area contributed by atoms with Gasteiger partial charge in [0.25, 0.3) is 11.5 Å². The summed E-state index contributed by atoms with van der Waals surface area (Å²) in [5.74, 6) is -1.06. The molecule has 1 saturated heterocycles. The highest BCUT2D eigenvalue weighted by atomic mass is 79.9. The predicted molar refractivity (Wildman–Crippen MR) is 156 cm³/mol. The van der Waals surface area contributed by atoms with Crippen molar-refractivity contribution in [2.45, 2.75) is 30.0 Å². The van der Waals surface area contributed by atoms with E-state index in [1.54, 1.807) is 40.3 Å². The van der Waals surface area contributed by atoms with Crippen LogP contribution in [0.4, 0.5) is 4.39 Å². The molecule has 40 heavy (non-hydrogen) atoms. The molecule has 1 fully saturated rings.